The fourth-order valence-electron chi connectivity index (χ4n) is 18.2. The summed E-state index contributed by atoms with van der Waals surface area (Å²) in [6, 6.07) is 2.74. The number of nitrogens with zero attached hydrogens (tertiary/aromatic N) is 14. The third kappa shape index (κ3) is 35.8. The van der Waals surface area contributed by atoms with Gasteiger partial charge in [0.2, 0.25) is 41.4 Å². The maximum absolute atomic E-state index is 12.4. The second kappa shape index (κ2) is 48.7. The summed E-state index contributed by atoms with van der Waals surface area (Å²) < 4.78 is 21.8. The van der Waals surface area contributed by atoms with Gasteiger partial charge in [0, 0.05) is 240 Å². The molecule has 0 aromatic carbocycles. The maximum atomic E-state index is 12.4. The summed E-state index contributed by atoms with van der Waals surface area (Å²) in [5.41, 5.74) is 0.249. The Morgan fingerprint density at radius 1 is 0.385 bits per heavy atom. The molecule has 11 aliphatic heterocycles. The van der Waals surface area contributed by atoms with Gasteiger partial charge in [0.05, 0.1) is 90.8 Å². The molecule has 0 saturated carbocycles. The van der Waals surface area contributed by atoms with Gasteiger partial charge in [-0.2, -0.15) is 0 Å². The zero-order chi connectivity index (χ0) is 85.8. The first-order chi connectivity index (χ1) is 55.3. The van der Waals surface area contributed by atoms with E-state index < -0.39 is 0 Å². The molecule has 11 rings (SSSR count). The Morgan fingerprint density at radius 2 is 0.761 bits per heavy atom. The van der Waals surface area contributed by atoms with Gasteiger partial charge < -0.3 is 68.6 Å². The first-order valence-electron chi connectivity index (χ1n) is 45.5. The van der Waals surface area contributed by atoms with Crippen LogP contribution in [0.5, 0.6) is 0 Å². The Labute approximate surface area is 706 Å². The molecule has 0 radical (unpaired) electrons. The lowest BCUT2D eigenvalue weighted by atomic mass is 9.90. The zero-order valence-electron chi connectivity index (χ0n) is 76.4. The van der Waals surface area contributed by atoms with Crippen LogP contribution in [0.4, 0.5) is 0 Å². The van der Waals surface area contributed by atoms with Gasteiger partial charge in [-0.1, -0.05) is 96.9 Å². The molecule has 11 fully saturated rings. The van der Waals surface area contributed by atoms with Gasteiger partial charge in [0.1, 0.15) is 0 Å². The van der Waals surface area contributed by atoms with Crippen molar-refractivity contribution in [3.8, 4) is 0 Å². The largest absolute Gasteiger partial charge is 0.395 e. The van der Waals surface area contributed by atoms with Crippen LogP contribution >= 0.6 is 0 Å². The number of amides is 7. The second-order valence-electron chi connectivity index (χ2n) is 41.0. The van der Waals surface area contributed by atoms with Crippen molar-refractivity contribution >= 4 is 41.4 Å². The molecule has 7 amide bonds. The van der Waals surface area contributed by atoms with E-state index in [1.54, 1.807) is 4.90 Å². The number of hydrogen-bond donors (Lipinski definition) is 3. The van der Waals surface area contributed by atoms with Gasteiger partial charge >= 0.3 is 0 Å². The standard InChI is InChI=1S/C21H38N4O3.C21H40N4O2.2C16H30N2O3.C15H28N2O3/c1-21(2,3)16-19(26)24-6-4-18(5-7-24)23-10-8-22(9-11-23)17-20(27)25-12-14-28-15-13-25;1-17-14-23(16-20(27)22(5)6)11-12-25(17)15-18-7-9-24(10-8-18)19(26)13-21(2,3)4;2*1-16(2,3)10-15(20)17-6-4-13(5-7-17)18-8-9-21-14(11-18)12-19;1-12(2)9-15(19)16-5-3-13(4-6-16)17-7-8-20-11-14(17)10-18/h18H,4-17H2,1-3H3;17-18H,7-16H2,1-6H3;2*13-14,19H,4-12H2,1-3H3;12-14,18H,3-11H2,1-2H3/t;17-;2*14-;/m.110./s1. The number of likely N-dealkylation sites (N-methyl/N-ethyl adjacent to an activating group) is 1. The van der Waals surface area contributed by atoms with E-state index in [1.807, 2.05) is 33.7 Å². The number of ether oxygens (including phenoxy) is 4. The number of aliphatic hydroxyl groups is 3. The number of likely N-dealkylation sites (tertiary alicyclic amines) is 5. The number of piperazine rings is 2. The molecular formula is C89H166N14O14. The predicted molar refractivity (Wildman–Crippen MR) is 460 cm³/mol. The van der Waals surface area contributed by atoms with Crippen LogP contribution in [0.15, 0.2) is 0 Å². The Balaban J connectivity index is 0.000000203. The number of morpholine rings is 4. The molecule has 4 atom stereocenters. The fourth-order valence-corrected chi connectivity index (χ4v) is 18.2. The van der Waals surface area contributed by atoms with Crippen molar-refractivity contribution in [2.45, 2.75) is 249 Å². The molecule has 11 heterocycles. The Kier molecular flexibility index (Phi) is 41.5. The smallest absolute Gasteiger partial charge is 0.236 e. The van der Waals surface area contributed by atoms with E-state index in [0.29, 0.717) is 138 Å². The molecule has 676 valence electrons. The van der Waals surface area contributed by atoms with Crippen LogP contribution in [-0.4, -0.2) is 424 Å². The molecule has 117 heavy (non-hydrogen) atoms. The molecule has 28 nitrogen and oxygen atoms in total. The van der Waals surface area contributed by atoms with Gasteiger partial charge in [0.15, 0.2) is 0 Å². The first kappa shape index (κ1) is 99.8. The third-order valence-corrected chi connectivity index (χ3v) is 25.1. The Hall–Kier alpha value is -4.27. The summed E-state index contributed by atoms with van der Waals surface area (Å²) in [5.74, 6) is 3.02. The molecular weight excluding hydrogens is 1490 g/mol. The monoisotopic (exact) mass is 1660 g/mol. The Bertz CT molecular complexity index is 2860. The molecule has 3 N–H and O–H groups in total. The fraction of sp³-hybridized carbons (Fsp3) is 0.921. The molecule has 11 saturated heterocycles. The minimum atomic E-state index is -0.0423. The first-order valence-corrected chi connectivity index (χ1v) is 45.5. The average Bonchev–Trinajstić information content (AvgIpc) is 0.833. The van der Waals surface area contributed by atoms with E-state index in [4.69, 9.17) is 18.9 Å². The van der Waals surface area contributed by atoms with Gasteiger partial charge in [-0.05, 0) is 105 Å². The summed E-state index contributed by atoms with van der Waals surface area (Å²) in [5, 5.41) is 27.9. The van der Waals surface area contributed by atoms with Gasteiger partial charge in [-0.3, -0.25) is 67.9 Å². The molecule has 0 spiro atoms. The van der Waals surface area contributed by atoms with E-state index in [9.17, 15) is 48.9 Å². The zero-order valence-corrected chi connectivity index (χ0v) is 76.4. The molecule has 0 aliphatic carbocycles. The van der Waals surface area contributed by atoms with Crippen molar-refractivity contribution in [3.63, 3.8) is 0 Å². The van der Waals surface area contributed by atoms with Gasteiger partial charge in [0.25, 0.3) is 0 Å². The second-order valence-corrected chi connectivity index (χ2v) is 41.0. The van der Waals surface area contributed by atoms with Crippen molar-refractivity contribution < 1.29 is 67.8 Å². The van der Waals surface area contributed by atoms with E-state index in [0.717, 1.165) is 234 Å². The summed E-state index contributed by atoms with van der Waals surface area (Å²) in [4.78, 5) is 116. The van der Waals surface area contributed by atoms with Crippen molar-refractivity contribution in [3.05, 3.63) is 0 Å². The Morgan fingerprint density at radius 3 is 1.15 bits per heavy atom. The van der Waals surface area contributed by atoms with Crippen molar-refractivity contribution in [2.75, 3.05) is 250 Å². The summed E-state index contributed by atoms with van der Waals surface area (Å²) in [7, 11) is 3.64. The van der Waals surface area contributed by atoms with Crippen molar-refractivity contribution in [2.24, 2.45) is 33.5 Å². The lowest BCUT2D eigenvalue weighted by Crippen LogP contribution is -2.55. The van der Waals surface area contributed by atoms with E-state index in [-0.39, 0.29) is 83.4 Å². The average molecular weight is 1660 g/mol. The lowest BCUT2D eigenvalue weighted by molar-refractivity contribution is -0.137. The van der Waals surface area contributed by atoms with E-state index >= 15 is 0 Å². The van der Waals surface area contributed by atoms with Crippen molar-refractivity contribution in [1.82, 2.24) is 68.6 Å². The van der Waals surface area contributed by atoms with Crippen LogP contribution in [0.2, 0.25) is 0 Å². The number of rotatable bonds is 19. The number of aliphatic hydroxyl groups excluding tert-OH is 3. The topological polar surface area (TPSA) is 262 Å². The predicted octanol–water partition coefficient (Wildman–Crippen LogP) is 5.58. The highest BCUT2D eigenvalue weighted by atomic mass is 16.5. The summed E-state index contributed by atoms with van der Waals surface area (Å²) >= 11 is 0. The highest BCUT2D eigenvalue weighted by Gasteiger charge is 2.39. The molecule has 28 heteroatoms. The van der Waals surface area contributed by atoms with E-state index in [2.05, 4.69) is 148 Å². The molecule has 0 bridgehead atoms. The summed E-state index contributed by atoms with van der Waals surface area (Å²) in [6.07, 6.45) is 13.6. The van der Waals surface area contributed by atoms with Crippen LogP contribution in [-0.2, 0) is 52.5 Å². The van der Waals surface area contributed by atoms with Crippen LogP contribution < -0.4 is 0 Å². The van der Waals surface area contributed by atoms with Gasteiger partial charge in [-0.25, -0.2) is 0 Å². The van der Waals surface area contributed by atoms with Crippen LogP contribution in [0.25, 0.3) is 0 Å². The van der Waals surface area contributed by atoms with Crippen LogP contribution in [0.3, 0.4) is 0 Å². The quantitative estimate of drug-likeness (QED) is 0.143. The molecule has 0 aromatic rings. The number of piperidine rings is 5. The lowest BCUT2D eigenvalue weighted by Gasteiger charge is -2.44. The van der Waals surface area contributed by atoms with Gasteiger partial charge in [-0.15, -0.1) is 0 Å². The number of carbonyl (C=O) groups excluding carboxylic acids is 7. The van der Waals surface area contributed by atoms with Crippen molar-refractivity contribution in [1.29, 1.82) is 0 Å². The maximum Gasteiger partial charge on any atom is 0.236 e. The van der Waals surface area contributed by atoms with Crippen LogP contribution in [0, 0.1) is 33.5 Å². The molecule has 1 unspecified atom stereocenters. The third-order valence-electron chi connectivity index (χ3n) is 25.1. The van der Waals surface area contributed by atoms with E-state index in [1.165, 1.54) is 0 Å². The highest BCUT2D eigenvalue weighted by Crippen LogP contribution is 2.31. The highest BCUT2D eigenvalue weighted by molar-refractivity contribution is 5.80. The number of carbonyl (C=O) groups is 7. The summed E-state index contributed by atoms with van der Waals surface area (Å²) in [6.45, 7) is 60.1. The number of hydrogen-bond acceptors (Lipinski definition) is 21. The minimum absolute atomic E-state index is 0.0423. The minimum Gasteiger partial charge on any atom is -0.395 e. The molecule has 11 aliphatic rings. The normalized spacial score (nSPS) is 25.0. The SMILES string of the molecule is CC(C)(C)CC(=O)N1CCC(N2CCN(CC(=O)N3CCOCC3)CC2)CC1.CC(C)(C)CC(=O)N1CCC(N2CCO[C@@H](CO)C2)CC1.CC(C)(C)CC(=O)N1CCC(N2CCO[C@H](CO)C2)CC1.CC(C)CC(=O)N1CCC(N2CCOCC2CO)CC1.C[C@@H]1CN(CC(=O)N(C)C)CCN1CC1CCN(C(=O)CC(C)(C)C)CC1. The van der Waals surface area contributed by atoms with Crippen LogP contribution in [0.1, 0.15) is 200 Å². The molecule has 0 aromatic heterocycles.